The predicted molar refractivity (Wildman–Crippen MR) is 87.7 cm³/mol. The molecule has 2 aliphatic rings. The quantitative estimate of drug-likeness (QED) is 0.806. The summed E-state index contributed by atoms with van der Waals surface area (Å²) in [5.74, 6) is 0.218. The molecule has 112 valence electrons. The van der Waals surface area contributed by atoms with Gasteiger partial charge in [0.25, 0.3) is 0 Å². The first-order valence-corrected chi connectivity index (χ1v) is 7.84. The monoisotopic (exact) mass is 292 g/mol. The molecule has 1 unspecified atom stereocenters. The molecule has 0 aliphatic carbocycles. The third kappa shape index (κ3) is 1.97. The molecule has 1 saturated heterocycles. The Labute approximate surface area is 131 Å². The van der Waals surface area contributed by atoms with Gasteiger partial charge < -0.3 is 0 Å². The number of fused-ring (bicyclic) bond motifs is 2. The summed E-state index contributed by atoms with van der Waals surface area (Å²) in [5, 5.41) is 0. The van der Waals surface area contributed by atoms with E-state index in [4.69, 9.17) is 0 Å². The number of aryl methyl sites for hydroxylation is 2. The van der Waals surface area contributed by atoms with E-state index in [1.807, 2.05) is 4.90 Å². The molecule has 3 heteroatoms. The highest BCUT2D eigenvalue weighted by atomic mass is 16.2. The number of rotatable bonds is 1. The summed E-state index contributed by atoms with van der Waals surface area (Å²) in [6, 6.07) is 14.8. The summed E-state index contributed by atoms with van der Waals surface area (Å²) in [5.41, 5.74) is 6.17. The lowest BCUT2D eigenvalue weighted by molar-refractivity contribution is -0.116. The van der Waals surface area contributed by atoms with Crippen LogP contribution in [0.2, 0.25) is 0 Å². The van der Waals surface area contributed by atoms with Gasteiger partial charge in [-0.2, -0.15) is 0 Å². The molecule has 1 amide bonds. The number of benzene rings is 2. The van der Waals surface area contributed by atoms with Crippen LogP contribution < -0.4 is 4.90 Å². The second-order valence-corrected chi connectivity index (χ2v) is 6.36. The molecule has 22 heavy (non-hydrogen) atoms. The van der Waals surface area contributed by atoms with E-state index in [2.05, 4.69) is 61.2 Å². The minimum absolute atomic E-state index is 0.155. The zero-order valence-corrected chi connectivity index (χ0v) is 13.0. The fourth-order valence-corrected chi connectivity index (χ4v) is 3.85. The van der Waals surface area contributed by atoms with Gasteiger partial charge in [-0.15, -0.1) is 0 Å². The van der Waals surface area contributed by atoms with Gasteiger partial charge >= 0.3 is 0 Å². The predicted octanol–water partition coefficient (Wildman–Crippen LogP) is 3.03. The van der Waals surface area contributed by atoms with Gasteiger partial charge in [-0.25, -0.2) is 0 Å². The van der Waals surface area contributed by atoms with Crippen molar-refractivity contribution in [3.63, 3.8) is 0 Å². The van der Waals surface area contributed by atoms with Gasteiger partial charge in [0, 0.05) is 13.0 Å². The summed E-state index contributed by atoms with van der Waals surface area (Å²) in [6.07, 6.45) is 1.07. The van der Waals surface area contributed by atoms with Gasteiger partial charge in [-0.05, 0) is 36.1 Å². The standard InChI is InChI=1S/C19H20N2O/c1-13-6-5-7-14(2)19(13)21-17-10-15-8-3-4-9-16(15)11-20(17)12-18(21)22/h3-9,17H,10-12H2,1-2H3. The number of para-hydroxylation sites is 1. The Morgan fingerprint density at radius 1 is 0.909 bits per heavy atom. The highest BCUT2D eigenvalue weighted by Gasteiger charge is 2.42. The molecule has 0 aromatic heterocycles. The van der Waals surface area contributed by atoms with E-state index >= 15 is 0 Å². The first kappa shape index (κ1) is 13.5. The summed E-state index contributed by atoms with van der Waals surface area (Å²) in [4.78, 5) is 17.0. The Morgan fingerprint density at radius 3 is 2.32 bits per heavy atom. The van der Waals surface area contributed by atoms with Gasteiger partial charge in [-0.1, -0.05) is 42.5 Å². The first-order chi connectivity index (χ1) is 10.6. The normalized spacial score (nSPS) is 20.9. The Bertz CT molecular complexity index is 733. The lowest BCUT2D eigenvalue weighted by atomic mass is 9.97. The fourth-order valence-electron chi connectivity index (χ4n) is 3.85. The van der Waals surface area contributed by atoms with Crippen molar-refractivity contribution in [1.29, 1.82) is 0 Å². The van der Waals surface area contributed by atoms with Gasteiger partial charge in [0.2, 0.25) is 5.91 Å². The zero-order valence-electron chi connectivity index (χ0n) is 13.0. The maximum absolute atomic E-state index is 12.7. The van der Waals surface area contributed by atoms with Gasteiger partial charge in [0.1, 0.15) is 0 Å². The minimum Gasteiger partial charge on any atom is -0.294 e. The second kappa shape index (κ2) is 4.96. The Hall–Kier alpha value is -2.13. The third-order valence-corrected chi connectivity index (χ3v) is 4.90. The molecule has 0 bridgehead atoms. The molecule has 1 atom stereocenters. The summed E-state index contributed by atoms with van der Waals surface area (Å²) >= 11 is 0. The van der Waals surface area contributed by atoms with Crippen molar-refractivity contribution in [2.45, 2.75) is 33.0 Å². The highest BCUT2D eigenvalue weighted by Crippen LogP contribution is 2.35. The molecule has 2 aliphatic heterocycles. The molecule has 2 aromatic rings. The van der Waals surface area contributed by atoms with E-state index in [0.717, 1.165) is 18.7 Å². The summed E-state index contributed by atoms with van der Waals surface area (Å²) in [7, 11) is 0. The Kier molecular flexibility index (Phi) is 3.05. The maximum Gasteiger partial charge on any atom is 0.242 e. The van der Waals surface area contributed by atoms with Crippen LogP contribution in [0.5, 0.6) is 0 Å². The van der Waals surface area contributed by atoms with Crippen molar-refractivity contribution in [2.75, 3.05) is 11.4 Å². The molecule has 0 saturated carbocycles. The molecule has 0 spiro atoms. The van der Waals surface area contributed by atoms with E-state index in [1.165, 1.54) is 22.3 Å². The van der Waals surface area contributed by atoms with E-state index < -0.39 is 0 Å². The topological polar surface area (TPSA) is 23.6 Å². The lowest BCUT2D eigenvalue weighted by Gasteiger charge is -2.36. The first-order valence-electron chi connectivity index (χ1n) is 7.84. The van der Waals surface area contributed by atoms with Crippen LogP contribution >= 0.6 is 0 Å². The Balaban J connectivity index is 1.77. The molecule has 0 N–H and O–H groups in total. The molecule has 2 aromatic carbocycles. The van der Waals surface area contributed by atoms with E-state index in [-0.39, 0.29) is 12.1 Å². The van der Waals surface area contributed by atoms with Crippen LogP contribution in [0, 0.1) is 13.8 Å². The molecule has 0 radical (unpaired) electrons. The number of hydrogen-bond acceptors (Lipinski definition) is 2. The Morgan fingerprint density at radius 2 is 1.59 bits per heavy atom. The third-order valence-electron chi connectivity index (χ3n) is 4.90. The van der Waals surface area contributed by atoms with Crippen molar-refractivity contribution in [3.05, 3.63) is 64.7 Å². The van der Waals surface area contributed by atoms with Crippen LogP contribution in [0.15, 0.2) is 42.5 Å². The van der Waals surface area contributed by atoms with E-state index in [9.17, 15) is 4.79 Å². The van der Waals surface area contributed by atoms with Gasteiger partial charge in [-0.3, -0.25) is 14.6 Å². The average Bonchev–Trinajstić information content (AvgIpc) is 2.80. The minimum atomic E-state index is 0.155. The van der Waals surface area contributed by atoms with Gasteiger partial charge in [0.05, 0.1) is 18.4 Å². The summed E-state index contributed by atoms with van der Waals surface area (Å²) < 4.78 is 0. The number of carbonyl (C=O) groups excluding carboxylic acids is 1. The van der Waals surface area contributed by atoms with Crippen molar-refractivity contribution >= 4 is 11.6 Å². The van der Waals surface area contributed by atoms with Crippen LogP contribution in [0.4, 0.5) is 5.69 Å². The molecule has 1 fully saturated rings. The van der Waals surface area contributed by atoms with Crippen LogP contribution in [0.25, 0.3) is 0 Å². The average molecular weight is 292 g/mol. The lowest BCUT2D eigenvalue weighted by Crippen LogP contribution is -2.44. The smallest absolute Gasteiger partial charge is 0.242 e. The molecule has 4 rings (SSSR count). The van der Waals surface area contributed by atoms with Crippen LogP contribution in [-0.2, 0) is 17.8 Å². The van der Waals surface area contributed by atoms with Crippen LogP contribution in [-0.4, -0.2) is 23.5 Å². The summed E-state index contributed by atoms with van der Waals surface area (Å²) in [6.45, 7) is 5.57. The van der Waals surface area contributed by atoms with Crippen molar-refractivity contribution < 1.29 is 4.79 Å². The number of nitrogens with zero attached hydrogens (tertiary/aromatic N) is 2. The number of carbonyl (C=O) groups is 1. The van der Waals surface area contributed by atoms with Gasteiger partial charge in [0.15, 0.2) is 0 Å². The number of hydrogen-bond donors (Lipinski definition) is 0. The maximum atomic E-state index is 12.7. The highest BCUT2D eigenvalue weighted by molar-refractivity contribution is 5.99. The molecule has 2 heterocycles. The fraction of sp³-hybridized carbons (Fsp3) is 0.316. The molecule has 3 nitrogen and oxygen atoms in total. The number of anilines is 1. The van der Waals surface area contributed by atoms with Crippen LogP contribution in [0.3, 0.4) is 0 Å². The second-order valence-electron chi connectivity index (χ2n) is 6.36. The van der Waals surface area contributed by atoms with E-state index in [0.29, 0.717) is 6.54 Å². The SMILES string of the molecule is Cc1cccc(C)c1N1C(=O)CN2Cc3ccccc3CC21. The van der Waals surface area contributed by atoms with Crippen LogP contribution in [0.1, 0.15) is 22.3 Å². The molecular weight excluding hydrogens is 272 g/mol. The zero-order chi connectivity index (χ0) is 15.3. The van der Waals surface area contributed by atoms with Crippen molar-refractivity contribution in [1.82, 2.24) is 4.90 Å². The number of amides is 1. The largest absolute Gasteiger partial charge is 0.294 e. The van der Waals surface area contributed by atoms with E-state index in [1.54, 1.807) is 0 Å². The molecular formula is C19H20N2O. The van der Waals surface area contributed by atoms with Crippen molar-refractivity contribution in [3.8, 4) is 0 Å². The van der Waals surface area contributed by atoms with Crippen molar-refractivity contribution in [2.24, 2.45) is 0 Å².